The van der Waals surface area contributed by atoms with Crippen LogP contribution in [0.1, 0.15) is 30.5 Å². The van der Waals surface area contributed by atoms with E-state index in [1.165, 1.54) is 93.4 Å². The van der Waals surface area contributed by atoms with Gasteiger partial charge in [0.15, 0.2) is 0 Å². The first-order valence-electron chi connectivity index (χ1n) is 16.3. The fraction of sp³-hybridized carbons (Fsp3) is 0.0698. The lowest BCUT2D eigenvalue weighted by molar-refractivity contribution is 0.773. The van der Waals surface area contributed by atoms with Gasteiger partial charge in [-0.15, -0.1) is 0 Å². The third-order valence-corrected chi connectivity index (χ3v) is 10.6. The van der Waals surface area contributed by atoms with Crippen molar-refractivity contribution in [3.05, 3.63) is 145 Å². The van der Waals surface area contributed by atoms with Crippen molar-refractivity contribution < 1.29 is 0 Å². The average molecular weight is 588 g/mol. The highest BCUT2D eigenvalue weighted by Crippen LogP contribution is 2.48. The third-order valence-electron chi connectivity index (χ3n) is 10.6. The van der Waals surface area contributed by atoms with E-state index in [0.717, 1.165) is 6.42 Å². The maximum Gasteiger partial charge on any atom is 0.0620 e. The molecule has 10 aromatic rings. The van der Waals surface area contributed by atoms with Crippen molar-refractivity contribution in [3.63, 3.8) is 0 Å². The molecular formula is C43H29N3. The molecule has 0 fully saturated rings. The molecule has 0 N–H and O–H groups in total. The zero-order valence-electron chi connectivity index (χ0n) is 25.4. The molecule has 0 aliphatic heterocycles. The molecule has 0 amide bonds. The molecule has 0 radical (unpaired) electrons. The van der Waals surface area contributed by atoms with Gasteiger partial charge in [0.2, 0.25) is 0 Å². The number of benzene rings is 6. The fourth-order valence-corrected chi connectivity index (χ4v) is 8.73. The molecule has 1 aliphatic carbocycles. The van der Waals surface area contributed by atoms with Crippen molar-refractivity contribution in [2.45, 2.75) is 19.3 Å². The third kappa shape index (κ3) is 2.94. The molecule has 4 heterocycles. The lowest BCUT2D eigenvalue weighted by Crippen LogP contribution is -2.02. The lowest BCUT2D eigenvalue weighted by Gasteiger charge is -2.16. The smallest absolute Gasteiger partial charge is 0.0620 e. The number of aromatic nitrogens is 3. The van der Waals surface area contributed by atoms with Crippen LogP contribution in [0.4, 0.5) is 0 Å². The van der Waals surface area contributed by atoms with E-state index in [9.17, 15) is 0 Å². The second kappa shape index (κ2) is 8.68. The Labute approximate surface area is 265 Å². The van der Waals surface area contributed by atoms with E-state index in [4.69, 9.17) is 0 Å². The van der Waals surface area contributed by atoms with Crippen molar-refractivity contribution in [1.29, 1.82) is 0 Å². The molecule has 0 spiro atoms. The quantitative estimate of drug-likeness (QED) is 0.191. The molecule has 3 nitrogen and oxygen atoms in total. The van der Waals surface area contributed by atoms with Gasteiger partial charge in [0.25, 0.3) is 0 Å². The molecule has 0 saturated carbocycles. The van der Waals surface area contributed by atoms with Crippen molar-refractivity contribution in [1.82, 2.24) is 13.5 Å². The Balaban J connectivity index is 1.34. The fourth-order valence-electron chi connectivity index (χ4n) is 8.73. The van der Waals surface area contributed by atoms with Crippen molar-refractivity contribution in [2.75, 3.05) is 0 Å². The number of para-hydroxylation sites is 4. The number of rotatable bonds is 2. The summed E-state index contributed by atoms with van der Waals surface area (Å²) in [4.78, 5) is 0. The first kappa shape index (κ1) is 24.5. The Bertz CT molecular complexity index is 2880. The highest BCUT2D eigenvalue weighted by Gasteiger charge is 2.28. The second-order valence-corrected chi connectivity index (χ2v) is 13.0. The van der Waals surface area contributed by atoms with Crippen LogP contribution < -0.4 is 0 Å². The molecular weight excluding hydrogens is 558 g/mol. The van der Waals surface area contributed by atoms with Crippen LogP contribution in [-0.4, -0.2) is 13.5 Å². The van der Waals surface area contributed by atoms with Crippen LogP contribution in [0.2, 0.25) is 0 Å². The van der Waals surface area contributed by atoms with Gasteiger partial charge < -0.3 is 13.5 Å². The molecule has 1 unspecified atom stereocenters. The van der Waals surface area contributed by atoms with Crippen LogP contribution in [0.3, 0.4) is 0 Å². The van der Waals surface area contributed by atoms with E-state index in [-0.39, 0.29) is 0 Å². The highest BCUT2D eigenvalue weighted by molar-refractivity contribution is 6.30. The Morgan fingerprint density at radius 3 is 2.00 bits per heavy atom. The summed E-state index contributed by atoms with van der Waals surface area (Å²) >= 11 is 0. The summed E-state index contributed by atoms with van der Waals surface area (Å²) in [6, 6.07) is 47.0. The predicted molar refractivity (Wildman–Crippen MR) is 194 cm³/mol. The lowest BCUT2D eigenvalue weighted by atomic mass is 9.89. The Kier molecular flexibility index (Phi) is 4.62. The van der Waals surface area contributed by atoms with Crippen LogP contribution in [0.25, 0.3) is 88.3 Å². The number of fused-ring (bicyclic) bond motifs is 13. The first-order chi connectivity index (χ1) is 22.8. The summed E-state index contributed by atoms with van der Waals surface area (Å²) in [5.41, 5.74) is 12.8. The van der Waals surface area contributed by atoms with Crippen LogP contribution >= 0.6 is 0 Å². The summed E-state index contributed by atoms with van der Waals surface area (Å²) < 4.78 is 7.46. The van der Waals surface area contributed by atoms with Gasteiger partial charge in [0.05, 0.1) is 38.8 Å². The second-order valence-electron chi connectivity index (χ2n) is 13.0. The summed E-state index contributed by atoms with van der Waals surface area (Å²) in [6.45, 7) is 2.39. The molecule has 3 heteroatoms. The SMILES string of the molecule is CC1CC=Cc2c1c1c3c4cccc5c6cc7c8ccccc8n(-c8ccccc8)c7cc6n(c3ccc1n2-c1ccccc1)c54. The van der Waals surface area contributed by atoms with Gasteiger partial charge in [-0.25, -0.2) is 0 Å². The van der Waals surface area contributed by atoms with Gasteiger partial charge in [0, 0.05) is 49.1 Å². The van der Waals surface area contributed by atoms with Gasteiger partial charge in [-0.1, -0.05) is 85.8 Å². The Morgan fingerprint density at radius 1 is 0.500 bits per heavy atom. The number of hydrogen-bond acceptors (Lipinski definition) is 0. The standard InChI is InChI=1S/C43H29N3/c1-26-12-10-21-35-40(26)42-37(45(35)28-15-6-3-7-16-28)23-22-36-41(42)31-19-11-18-30-33-24-32-29-17-8-9-20-34(29)44(27-13-4-2-5-14-27)38(32)25-39(33)46(36)43(30)31/h2-11,13-26H,12H2,1H3. The molecule has 1 aliphatic rings. The maximum atomic E-state index is 2.55. The largest absolute Gasteiger partial charge is 0.310 e. The Hall–Kier alpha value is -5.80. The minimum absolute atomic E-state index is 0.441. The van der Waals surface area contributed by atoms with E-state index in [1.807, 2.05) is 0 Å². The number of allylic oxidation sites excluding steroid dienone is 1. The number of nitrogens with zero attached hydrogens (tertiary/aromatic N) is 3. The summed E-state index contributed by atoms with van der Waals surface area (Å²) in [7, 11) is 0. The molecule has 0 saturated heterocycles. The monoisotopic (exact) mass is 587 g/mol. The van der Waals surface area contributed by atoms with Crippen LogP contribution in [0.15, 0.2) is 133 Å². The van der Waals surface area contributed by atoms with Crippen LogP contribution in [0, 0.1) is 0 Å². The van der Waals surface area contributed by atoms with Crippen LogP contribution in [0.5, 0.6) is 0 Å². The van der Waals surface area contributed by atoms with Gasteiger partial charge in [-0.3, -0.25) is 0 Å². The zero-order chi connectivity index (χ0) is 30.1. The van der Waals surface area contributed by atoms with Gasteiger partial charge in [-0.05, 0) is 78.6 Å². The summed E-state index contributed by atoms with van der Waals surface area (Å²) in [6.07, 6.45) is 5.76. The molecule has 216 valence electrons. The molecule has 0 bridgehead atoms. The minimum Gasteiger partial charge on any atom is -0.310 e. The molecule has 1 atom stereocenters. The minimum atomic E-state index is 0.441. The van der Waals surface area contributed by atoms with E-state index in [2.05, 4.69) is 160 Å². The molecule has 4 aromatic heterocycles. The summed E-state index contributed by atoms with van der Waals surface area (Å²) in [5, 5.41) is 9.32. The van der Waals surface area contributed by atoms with Crippen molar-refractivity contribution in [2.24, 2.45) is 0 Å². The zero-order valence-corrected chi connectivity index (χ0v) is 25.4. The maximum absolute atomic E-state index is 2.55. The van der Waals surface area contributed by atoms with Crippen LogP contribution in [-0.2, 0) is 0 Å². The first-order valence-corrected chi connectivity index (χ1v) is 16.3. The Morgan fingerprint density at radius 2 is 1.17 bits per heavy atom. The molecule has 11 rings (SSSR count). The van der Waals surface area contributed by atoms with Crippen molar-refractivity contribution in [3.8, 4) is 11.4 Å². The average Bonchev–Trinajstić information content (AvgIpc) is 3.82. The highest BCUT2D eigenvalue weighted by atomic mass is 15.0. The van der Waals surface area contributed by atoms with E-state index >= 15 is 0 Å². The predicted octanol–water partition coefficient (Wildman–Crippen LogP) is 11.4. The summed E-state index contributed by atoms with van der Waals surface area (Å²) in [5.74, 6) is 0.441. The van der Waals surface area contributed by atoms with E-state index < -0.39 is 0 Å². The normalized spacial score (nSPS) is 15.1. The molecule has 6 aromatic carbocycles. The van der Waals surface area contributed by atoms with E-state index in [0.29, 0.717) is 5.92 Å². The van der Waals surface area contributed by atoms with Gasteiger partial charge in [0.1, 0.15) is 0 Å². The van der Waals surface area contributed by atoms with Gasteiger partial charge in [-0.2, -0.15) is 0 Å². The van der Waals surface area contributed by atoms with Crippen molar-refractivity contribution >= 4 is 76.9 Å². The molecule has 46 heavy (non-hydrogen) atoms. The van der Waals surface area contributed by atoms with E-state index in [1.54, 1.807) is 0 Å². The topological polar surface area (TPSA) is 14.3 Å². The van der Waals surface area contributed by atoms with Gasteiger partial charge >= 0.3 is 0 Å². The number of hydrogen-bond donors (Lipinski definition) is 0.